The molecule has 1 aromatic rings. The van der Waals surface area contributed by atoms with Gasteiger partial charge in [-0.25, -0.2) is 0 Å². The second kappa shape index (κ2) is 2.95. The normalized spacial score (nSPS) is 9.82. The molecule has 0 unspecified atom stereocenters. The first-order valence-electron chi connectivity index (χ1n) is 3.90. The summed E-state index contributed by atoms with van der Waals surface area (Å²) in [4.78, 5) is 0. The lowest BCUT2D eigenvalue weighted by atomic mass is 10.1. The molecule has 11 heavy (non-hydrogen) atoms. The largest absolute Gasteiger partial charge is 0.388 e. The molecule has 0 amide bonds. The van der Waals surface area contributed by atoms with Crippen LogP contribution in [0.2, 0.25) is 0 Å². The van der Waals surface area contributed by atoms with E-state index in [-0.39, 0.29) is 0 Å². The summed E-state index contributed by atoms with van der Waals surface area (Å²) in [6.45, 7) is 6.39. The van der Waals surface area contributed by atoms with E-state index < -0.39 is 0 Å². The number of benzene rings is 1. The average molecular weight is 149 g/mol. The van der Waals surface area contributed by atoms with Gasteiger partial charge in [0.1, 0.15) is 0 Å². The fourth-order valence-electron chi connectivity index (χ4n) is 1.57. The van der Waals surface area contributed by atoms with Gasteiger partial charge >= 0.3 is 0 Å². The number of rotatable bonds is 1. The van der Waals surface area contributed by atoms with Crippen molar-refractivity contribution in [2.45, 2.75) is 20.8 Å². The van der Waals surface area contributed by atoms with Gasteiger partial charge < -0.3 is 5.32 Å². The second-order valence-corrected chi connectivity index (χ2v) is 3.02. The third kappa shape index (κ3) is 1.53. The summed E-state index contributed by atoms with van der Waals surface area (Å²) in [6, 6.07) is 4.39. The predicted octanol–water partition coefficient (Wildman–Crippen LogP) is 2.65. The van der Waals surface area contributed by atoms with Crippen LogP contribution < -0.4 is 5.32 Å². The molecule has 0 saturated carbocycles. The van der Waals surface area contributed by atoms with E-state index in [4.69, 9.17) is 0 Å². The van der Waals surface area contributed by atoms with Gasteiger partial charge in [0, 0.05) is 12.7 Å². The van der Waals surface area contributed by atoms with E-state index in [0.717, 1.165) is 0 Å². The zero-order valence-electron chi connectivity index (χ0n) is 7.65. The van der Waals surface area contributed by atoms with E-state index >= 15 is 0 Å². The van der Waals surface area contributed by atoms with Gasteiger partial charge in [-0.3, -0.25) is 0 Å². The molecule has 1 rings (SSSR count). The summed E-state index contributed by atoms with van der Waals surface area (Å²) < 4.78 is 0. The van der Waals surface area contributed by atoms with Crippen LogP contribution in [0.1, 0.15) is 16.7 Å². The highest BCUT2D eigenvalue weighted by Crippen LogP contribution is 2.20. The van der Waals surface area contributed by atoms with Gasteiger partial charge in [0.25, 0.3) is 0 Å². The highest BCUT2D eigenvalue weighted by Gasteiger charge is 1.99. The van der Waals surface area contributed by atoms with Gasteiger partial charge in [-0.05, 0) is 31.9 Å². The van der Waals surface area contributed by atoms with Crippen molar-refractivity contribution in [3.63, 3.8) is 0 Å². The van der Waals surface area contributed by atoms with Crippen LogP contribution in [0.25, 0.3) is 0 Å². The van der Waals surface area contributed by atoms with Crippen LogP contribution in [0.3, 0.4) is 0 Å². The van der Waals surface area contributed by atoms with Crippen molar-refractivity contribution in [1.82, 2.24) is 0 Å². The molecule has 0 radical (unpaired) electrons. The minimum atomic E-state index is 1.26. The summed E-state index contributed by atoms with van der Waals surface area (Å²) in [5.41, 5.74) is 5.24. The molecular weight excluding hydrogens is 134 g/mol. The van der Waals surface area contributed by atoms with Crippen LogP contribution in [-0.4, -0.2) is 7.05 Å². The van der Waals surface area contributed by atoms with Crippen molar-refractivity contribution in [1.29, 1.82) is 0 Å². The Balaban J connectivity index is 3.25. The van der Waals surface area contributed by atoms with Crippen LogP contribution in [-0.2, 0) is 0 Å². The lowest BCUT2D eigenvalue weighted by molar-refractivity contribution is 1.29. The quantitative estimate of drug-likeness (QED) is 0.647. The number of aryl methyl sites for hydroxylation is 3. The van der Waals surface area contributed by atoms with E-state index in [1.165, 1.54) is 22.4 Å². The van der Waals surface area contributed by atoms with Crippen LogP contribution in [0.4, 0.5) is 5.69 Å². The minimum absolute atomic E-state index is 1.26. The topological polar surface area (TPSA) is 12.0 Å². The molecule has 0 atom stereocenters. The monoisotopic (exact) mass is 149 g/mol. The third-order valence-electron chi connectivity index (χ3n) is 1.93. The summed E-state index contributed by atoms with van der Waals surface area (Å²) >= 11 is 0. The van der Waals surface area contributed by atoms with Gasteiger partial charge in [0.2, 0.25) is 0 Å². The third-order valence-corrected chi connectivity index (χ3v) is 1.93. The van der Waals surface area contributed by atoms with E-state index in [9.17, 15) is 0 Å². The Morgan fingerprint density at radius 2 is 1.45 bits per heavy atom. The van der Waals surface area contributed by atoms with E-state index in [1.807, 2.05) is 7.05 Å². The highest BCUT2D eigenvalue weighted by molar-refractivity contribution is 5.57. The average Bonchev–Trinajstić information content (AvgIpc) is 1.85. The van der Waals surface area contributed by atoms with Gasteiger partial charge in [-0.2, -0.15) is 0 Å². The number of hydrogen-bond acceptors (Lipinski definition) is 1. The molecule has 0 saturated heterocycles. The molecule has 1 heteroatoms. The molecule has 60 valence electrons. The first-order valence-corrected chi connectivity index (χ1v) is 3.90. The van der Waals surface area contributed by atoms with E-state index in [2.05, 4.69) is 38.2 Å². The van der Waals surface area contributed by atoms with E-state index in [0.29, 0.717) is 0 Å². The molecule has 1 nitrogen and oxygen atoms in total. The molecule has 0 spiro atoms. The Morgan fingerprint density at radius 3 is 1.82 bits per heavy atom. The summed E-state index contributed by atoms with van der Waals surface area (Å²) in [5.74, 6) is 0. The zero-order valence-corrected chi connectivity index (χ0v) is 7.65. The van der Waals surface area contributed by atoms with Crippen LogP contribution in [0.15, 0.2) is 12.1 Å². The number of nitrogens with one attached hydrogen (secondary N) is 1. The maximum absolute atomic E-state index is 3.19. The second-order valence-electron chi connectivity index (χ2n) is 3.02. The summed E-state index contributed by atoms with van der Waals surface area (Å²) in [5, 5.41) is 3.19. The fourth-order valence-corrected chi connectivity index (χ4v) is 1.57. The van der Waals surface area contributed by atoms with Gasteiger partial charge in [0.05, 0.1) is 0 Å². The maximum atomic E-state index is 3.19. The fraction of sp³-hybridized carbons (Fsp3) is 0.400. The van der Waals surface area contributed by atoms with Gasteiger partial charge in [0.15, 0.2) is 0 Å². The van der Waals surface area contributed by atoms with Crippen molar-refractivity contribution < 1.29 is 0 Å². The van der Waals surface area contributed by atoms with E-state index in [1.54, 1.807) is 0 Å². The number of anilines is 1. The lowest BCUT2D eigenvalue weighted by Gasteiger charge is -2.09. The highest BCUT2D eigenvalue weighted by atomic mass is 14.8. The van der Waals surface area contributed by atoms with Gasteiger partial charge in [-0.15, -0.1) is 0 Å². The van der Waals surface area contributed by atoms with Crippen molar-refractivity contribution in [3.8, 4) is 0 Å². The molecule has 0 aromatic heterocycles. The summed E-state index contributed by atoms with van der Waals surface area (Å²) in [6.07, 6.45) is 0. The standard InChI is InChI=1S/C10H15N/c1-7-5-8(2)10(11-4)9(3)6-7/h5-6,11H,1-4H3. The first kappa shape index (κ1) is 8.12. The molecule has 0 fully saturated rings. The molecule has 0 heterocycles. The molecular formula is C10H15N. The van der Waals surface area contributed by atoms with Gasteiger partial charge in [-0.1, -0.05) is 17.7 Å². The summed E-state index contributed by atoms with van der Waals surface area (Å²) in [7, 11) is 1.96. The molecule has 0 aliphatic rings. The Labute approximate surface area is 68.4 Å². The van der Waals surface area contributed by atoms with Crippen LogP contribution in [0, 0.1) is 20.8 Å². The van der Waals surface area contributed by atoms with Crippen molar-refractivity contribution in [2.75, 3.05) is 12.4 Å². The Morgan fingerprint density at radius 1 is 1.00 bits per heavy atom. The zero-order chi connectivity index (χ0) is 8.43. The Hall–Kier alpha value is -0.980. The molecule has 0 aliphatic carbocycles. The minimum Gasteiger partial charge on any atom is -0.388 e. The van der Waals surface area contributed by atoms with Crippen molar-refractivity contribution in [2.24, 2.45) is 0 Å². The Kier molecular flexibility index (Phi) is 2.18. The smallest absolute Gasteiger partial charge is 0.0397 e. The predicted molar refractivity (Wildman–Crippen MR) is 50.2 cm³/mol. The van der Waals surface area contributed by atoms with Crippen LogP contribution in [0.5, 0.6) is 0 Å². The lowest BCUT2D eigenvalue weighted by Crippen LogP contribution is -1.95. The molecule has 0 aliphatic heterocycles. The maximum Gasteiger partial charge on any atom is 0.0397 e. The van der Waals surface area contributed by atoms with Crippen molar-refractivity contribution >= 4 is 5.69 Å². The van der Waals surface area contributed by atoms with Crippen LogP contribution >= 0.6 is 0 Å². The molecule has 0 bridgehead atoms. The Bertz CT molecular complexity index is 241. The SMILES string of the molecule is CNc1c(C)cc(C)cc1C. The molecule has 1 aromatic carbocycles. The van der Waals surface area contributed by atoms with Crippen molar-refractivity contribution in [3.05, 3.63) is 28.8 Å². The molecule has 1 N–H and O–H groups in total. The number of hydrogen-bond donors (Lipinski definition) is 1. The first-order chi connectivity index (χ1) is 5.15.